The van der Waals surface area contributed by atoms with Gasteiger partial charge in [0.15, 0.2) is 11.8 Å². The molecule has 0 unspecified atom stereocenters. The van der Waals surface area contributed by atoms with Crippen LogP contribution in [0.25, 0.3) is 0 Å². The summed E-state index contributed by atoms with van der Waals surface area (Å²) in [5.74, 6) is 4.25. The fourth-order valence-corrected chi connectivity index (χ4v) is 2.83. The third-order valence-electron chi connectivity index (χ3n) is 4.30. The number of nitrogens with one attached hydrogen (secondary N) is 2. The van der Waals surface area contributed by atoms with Gasteiger partial charge in [0, 0.05) is 20.0 Å². The Morgan fingerprint density at radius 3 is 2.68 bits per heavy atom. The molecule has 0 saturated heterocycles. The number of hydrogen-bond acceptors (Lipinski definition) is 5. The minimum atomic E-state index is 0. The van der Waals surface area contributed by atoms with Crippen LogP contribution in [0, 0.1) is 13.8 Å². The molecule has 0 bridgehead atoms. The lowest BCUT2D eigenvalue weighted by Gasteiger charge is -2.11. The molecule has 0 aromatic carbocycles. The number of oxazole rings is 1. The monoisotopic (exact) mass is 459 g/mol. The summed E-state index contributed by atoms with van der Waals surface area (Å²) in [5, 5.41) is 15.1. The van der Waals surface area contributed by atoms with Gasteiger partial charge in [-0.2, -0.15) is 0 Å². The number of rotatable bonds is 4. The van der Waals surface area contributed by atoms with Crippen LogP contribution in [-0.4, -0.2) is 32.8 Å². The van der Waals surface area contributed by atoms with Gasteiger partial charge in [-0.15, -0.1) is 34.2 Å². The van der Waals surface area contributed by atoms with Crippen molar-refractivity contribution >= 4 is 29.9 Å². The molecule has 138 valence electrons. The van der Waals surface area contributed by atoms with Crippen LogP contribution in [0.1, 0.15) is 48.3 Å². The zero-order valence-electron chi connectivity index (χ0n) is 15.0. The second kappa shape index (κ2) is 9.16. The Morgan fingerprint density at radius 2 is 1.96 bits per heavy atom. The van der Waals surface area contributed by atoms with Crippen molar-refractivity contribution in [3.63, 3.8) is 0 Å². The van der Waals surface area contributed by atoms with Gasteiger partial charge in [-0.3, -0.25) is 4.99 Å². The van der Waals surface area contributed by atoms with Crippen molar-refractivity contribution < 1.29 is 4.42 Å². The molecule has 9 heteroatoms. The average molecular weight is 459 g/mol. The Kier molecular flexibility index (Phi) is 7.21. The van der Waals surface area contributed by atoms with Gasteiger partial charge >= 0.3 is 0 Å². The molecule has 0 atom stereocenters. The number of aromatic nitrogens is 4. The zero-order valence-corrected chi connectivity index (χ0v) is 17.3. The molecule has 2 N–H and O–H groups in total. The van der Waals surface area contributed by atoms with E-state index in [0.717, 1.165) is 36.1 Å². The molecule has 8 nitrogen and oxygen atoms in total. The first-order valence-electron chi connectivity index (χ1n) is 8.45. The lowest BCUT2D eigenvalue weighted by molar-refractivity contribution is 0.463. The van der Waals surface area contributed by atoms with Crippen LogP contribution in [0.15, 0.2) is 9.41 Å². The summed E-state index contributed by atoms with van der Waals surface area (Å²) in [5.41, 5.74) is 0.917. The lowest BCUT2D eigenvalue weighted by atomic mass is 10.2. The number of nitrogens with zero attached hydrogens (tertiary/aromatic N) is 5. The van der Waals surface area contributed by atoms with E-state index < -0.39 is 0 Å². The van der Waals surface area contributed by atoms with Crippen LogP contribution in [0.2, 0.25) is 0 Å². The number of hydrogen-bond donors (Lipinski definition) is 2. The standard InChI is InChI=1S/C16H25N7O.HI/c1-11-12(2)24-15(20-11)10-19-16(17-3)18-9-14-22-21-13-7-5-4-6-8-23(13)14;/h4-10H2,1-3H3,(H2,17,18,19);1H. The first-order valence-corrected chi connectivity index (χ1v) is 8.45. The van der Waals surface area contributed by atoms with E-state index in [1.165, 1.54) is 19.3 Å². The zero-order chi connectivity index (χ0) is 16.9. The van der Waals surface area contributed by atoms with Crippen molar-refractivity contribution in [2.24, 2.45) is 4.99 Å². The fourth-order valence-electron chi connectivity index (χ4n) is 2.83. The molecule has 2 aromatic heterocycles. The van der Waals surface area contributed by atoms with Crippen LogP contribution in [-0.2, 0) is 26.1 Å². The number of halogens is 1. The maximum Gasteiger partial charge on any atom is 0.214 e. The van der Waals surface area contributed by atoms with Crippen molar-refractivity contribution in [3.05, 3.63) is 29.0 Å². The average Bonchev–Trinajstić information content (AvgIpc) is 3.01. The lowest BCUT2D eigenvalue weighted by Crippen LogP contribution is -2.37. The van der Waals surface area contributed by atoms with Gasteiger partial charge in [0.1, 0.15) is 11.6 Å². The highest BCUT2D eigenvalue weighted by molar-refractivity contribution is 14.0. The Labute approximate surface area is 164 Å². The second-order valence-corrected chi connectivity index (χ2v) is 6.02. The smallest absolute Gasteiger partial charge is 0.214 e. The Balaban J connectivity index is 0.00000225. The molecule has 2 aromatic rings. The molecular weight excluding hydrogens is 433 g/mol. The highest BCUT2D eigenvalue weighted by Gasteiger charge is 2.14. The van der Waals surface area contributed by atoms with Crippen LogP contribution < -0.4 is 10.6 Å². The van der Waals surface area contributed by atoms with Crippen LogP contribution in [0.4, 0.5) is 0 Å². The fraction of sp³-hybridized carbons (Fsp3) is 0.625. The molecule has 3 rings (SSSR count). The normalized spacial score (nSPS) is 14.4. The van der Waals surface area contributed by atoms with Gasteiger partial charge in [-0.1, -0.05) is 6.42 Å². The topological polar surface area (TPSA) is 93.2 Å². The van der Waals surface area contributed by atoms with E-state index in [-0.39, 0.29) is 24.0 Å². The van der Waals surface area contributed by atoms with Gasteiger partial charge in [0.2, 0.25) is 5.89 Å². The van der Waals surface area contributed by atoms with Crippen LogP contribution >= 0.6 is 24.0 Å². The first kappa shape index (κ1) is 19.7. The molecule has 1 aliphatic rings. The molecule has 1 aliphatic heterocycles. The van der Waals surface area contributed by atoms with Crippen molar-refractivity contribution in [1.82, 2.24) is 30.4 Å². The summed E-state index contributed by atoms with van der Waals surface area (Å²) in [6, 6.07) is 0. The van der Waals surface area contributed by atoms with Gasteiger partial charge in [0.25, 0.3) is 0 Å². The highest BCUT2D eigenvalue weighted by atomic mass is 127. The van der Waals surface area contributed by atoms with E-state index in [4.69, 9.17) is 4.42 Å². The summed E-state index contributed by atoms with van der Waals surface area (Å²) < 4.78 is 7.80. The third kappa shape index (κ3) is 4.93. The van der Waals surface area contributed by atoms with Crippen molar-refractivity contribution in [2.45, 2.75) is 59.2 Å². The summed E-state index contributed by atoms with van der Waals surface area (Å²) in [6.07, 6.45) is 4.66. The molecule has 0 spiro atoms. The summed E-state index contributed by atoms with van der Waals surface area (Å²) in [7, 11) is 1.74. The quantitative estimate of drug-likeness (QED) is 0.413. The van der Waals surface area contributed by atoms with Crippen molar-refractivity contribution in [1.29, 1.82) is 0 Å². The van der Waals surface area contributed by atoms with Gasteiger partial charge in [0.05, 0.1) is 18.8 Å². The molecule has 0 aliphatic carbocycles. The second-order valence-electron chi connectivity index (χ2n) is 6.02. The predicted molar refractivity (Wildman–Crippen MR) is 106 cm³/mol. The third-order valence-corrected chi connectivity index (χ3v) is 4.30. The molecule has 25 heavy (non-hydrogen) atoms. The van der Waals surface area contributed by atoms with Gasteiger partial charge in [-0.25, -0.2) is 4.98 Å². The Morgan fingerprint density at radius 1 is 1.16 bits per heavy atom. The van der Waals surface area contributed by atoms with E-state index in [2.05, 4.69) is 35.4 Å². The minimum absolute atomic E-state index is 0. The predicted octanol–water partition coefficient (Wildman–Crippen LogP) is 2.09. The molecule has 0 saturated carbocycles. The highest BCUT2D eigenvalue weighted by Crippen LogP contribution is 2.14. The number of aryl methyl sites for hydroxylation is 3. The summed E-state index contributed by atoms with van der Waals surface area (Å²) >= 11 is 0. The first-order chi connectivity index (χ1) is 11.7. The molecule has 0 fully saturated rings. The Bertz CT molecular complexity index is 703. The van der Waals surface area contributed by atoms with E-state index in [0.29, 0.717) is 24.9 Å². The Hall–Kier alpha value is -1.65. The maximum atomic E-state index is 5.56. The summed E-state index contributed by atoms with van der Waals surface area (Å²) in [4.78, 5) is 8.59. The van der Waals surface area contributed by atoms with Gasteiger partial charge in [-0.05, 0) is 26.7 Å². The van der Waals surface area contributed by atoms with E-state index in [1.807, 2.05) is 13.8 Å². The van der Waals surface area contributed by atoms with E-state index in [9.17, 15) is 0 Å². The molecular formula is C16H26IN7O. The van der Waals surface area contributed by atoms with Crippen molar-refractivity contribution in [2.75, 3.05) is 7.05 Å². The SMILES string of the molecule is CN=C(NCc1nc(C)c(C)o1)NCc1nnc2n1CCCCC2.I. The van der Waals surface area contributed by atoms with Gasteiger partial charge < -0.3 is 19.6 Å². The maximum absolute atomic E-state index is 5.56. The van der Waals surface area contributed by atoms with Crippen LogP contribution in [0.3, 0.4) is 0 Å². The number of aliphatic imine (C=N–C) groups is 1. The van der Waals surface area contributed by atoms with E-state index in [1.54, 1.807) is 7.05 Å². The molecule has 3 heterocycles. The van der Waals surface area contributed by atoms with Crippen molar-refractivity contribution in [3.8, 4) is 0 Å². The number of guanidine groups is 1. The minimum Gasteiger partial charge on any atom is -0.444 e. The number of fused-ring (bicyclic) bond motifs is 1. The van der Waals surface area contributed by atoms with Crippen LogP contribution in [0.5, 0.6) is 0 Å². The van der Waals surface area contributed by atoms with E-state index >= 15 is 0 Å². The molecule has 0 radical (unpaired) electrons. The largest absolute Gasteiger partial charge is 0.444 e. The molecule has 0 amide bonds. The summed E-state index contributed by atoms with van der Waals surface area (Å²) in [6.45, 7) is 5.94.